The molecular weight excluding hydrogens is 202 g/mol. The van der Waals surface area contributed by atoms with Crippen LogP contribution >= 0.6 is 11.6 Å². The zero-order valence-electron chi connectivity index (χ0n) is 7.70. The van der Waals surface area contributed by atoms with E-state index in [1.165, 1.54) is 0 Å². The predicted octanol–water partition coefficient (Wildman–Crippen LogP) is 1.97. The summed E-state index contributed by atoms with van der Waals surface area (Å²) in [4.78, 5) is 0. The SMILES string of the molecule is C[C@H](O)COc1ccc(C#N)c(Cl)c1. The second-order valence-electron chi connectivity index (χ2n) is 2.91. The maximum Gasteiger partial charge on any atom is 0.121 e. The summed E-state index contributed by atoms with van der Waals surface area (Å²) in [6.45, 7) is 1.84. The molecule has 0 saturated heterocycles. The molecule has 0 amide bonds. The lowest BCUT2D eigenvalue weighted by atomic mass is 10.2. The van der Waals surface area contributed by atoms with Crippen molar-refractivity contribution >= 4 is 11.6 Å². The van der Waals surface area contributed by atoms with Crippen molar-refractivity contribution in [2.24, 2.45) is 0 Å². The highest BCUT2D eigenvalue weighted by molar-refractivity contribution is 6.31. The number of hydrogen-bond donors (Lipinski definition) is 1. The molecule has 1 aromatic carbocycles. The minimum Gasteiger partial charge on any atom is -0.491 e. The molecule has 0 heterocycles. The van der Waals surface area contributed by atoms with Gasteiger partial charge in [0.05, 0.1) is 16.7 Å². The summed E-state index contributed by atoms with van der Waals surface area (Å²) < 4.78 is 5.20. The van der Waals surface area contributed by atoms with Crippen LogP contribution < -0.4 is 4.74 Å². The molecule has 0 saturated carbocycles. The van der Waals surface area contributed by atoms with E-state index in [1.54, 1.807) is 25.1 Å². The molecular formula is C10H10ClNO2. The molecule has 0 bridgehead atoms. The Morgan fingerprint density at radius 1 is 1.64 bits per heavy atom. The van der Waals surface area contributed by atoms with E-state index in [0.29, 0.717) is 16.3 Å². The minimum atomic E-state index is -0.524. The molecule has 0 spiro atoms. The maximum atomic E-state index is 8.97. The number of halogens is 1. The molecule has 0 fully saturated rings. The van der Waals surface area contributed by atoms with Crippen LogP contribution in [0.25, 0.3) is 0 Å². The smallest absolute Gasteiger partial charge is 0.121 e. The summed E-state index contributed by atoms with van der Waals surface area (Å²) >= 11 is 5.78. The van der Waals surface area contributed by atoms with Gasteiger partial charge in [-0.15, -0.1) is 0 Å². The Kier molecular flexibility index (Phi) is 3.75. The van der Waals surface area contributed by atoms with Gasteiger partial charge in [0.15, 0.2) is 0 Å². The molecule has 1 rings (SSSR count). The zero-order valence-corrected chi connectivity index (χ0v) is 8.45. The molecule has 0 aliphatic rings. The fraction of sp³-hybridized carbons (Fsp3) is 0.300. The first-order valence-corrected chi connectivity index (χ1v) is 4.52. The van der Waals surface area contributed by atoms with Gasteiger partial charge in [-0.1, -0.05) is 11.6 Å². The first kappa shape index (κ1) is 10.8. The molecule has 0 aliphatic heterocycles. The normalized spacial score (nSPS) is 11.9. The second-order valence-corrected chi connectivity index (χ2v) is 3.32. The van der Waals surface area contributed by atoms with Gasteiger partial charge in [-0.2, -0.15) is 5.26 Å². The number of nitrogens with zero attached hydrogens (tertiary/aromatic N) is 1. The van der Waals surface area contributed by atoms with Crippen LogP contribution in [0.3, 0.4) is 0 Å². The third kappa shape index (κ3) is 2.91. The minimum absolute atomic E-state index is 0.211. The van der Waals surface area contributed by atoms with E-state index in [9.17, 15) is 0 Å². The summed E-state index contributed by atoms with van der Waals surface area (Å²) in [7, 11) is 0. The summed E-state index contributed by atoms with van der Waals surface area (Å²) in [5, 5.41) is 17.9. The topological polar surface area (TPSA) is 53.2 Å². The van der Waals surface area contributed by atoms with Crippen molar-refractivity contribution in [3.8, 4) is 11.8 Å². The monoisotopic (exact) mass is 211 g/mol. The van der Waals surface area contributed by atoms with Crippen molar-refractivity contribution in [1.29, 1.82) is 5.26 Å². The summed E-state index contributed by atoms with van der Waals surface area (Å²) in [6, 6.07) is 6.74. The highest BCUT2D eigenvalue weighted by Crippen LogP contribution is 2.21. The molecule has 0 unspecified atom stereocenters. The average Bonchev–Trinajstić information content (AvgIpc) is 2.15. The van der Waals surface area contributed by atoms with Gasteiger partial charge in [0.1, 0.15) is 18.4 Å². The molecule has 4 heteroatoms. The Hall–Kier alpha value is -1.24. The van der Waals surface area contributed by atoms with Crippen LogP contribution in [0.2, 0.25) is 5.02 Å². The van der Waals surface area contributed by atoms with E-state index in [4.69, 9.17) is 26.7 Å². The lowest BCUT2D eigenvalue weighted by Crippen LogP contribution is -2.12. The molecule has 1 atom stereocenters. The van der Waals surface area contributed by atoms with Gasteiger partial charge in [-0.3, -0.25) is 0 Å². The van der Waals surface area contributed by atoms with Gasteiger partial charge in [0, 0.05) is 6.07 Å². The fourth-order valence-electron chi connectivity index (χ4n) is 0.893. The van der Waals surface area contributed by atoms with Gasteiger partial charge in [0.25, 0.3) is 0 Å². The van der Waals surface area contributed by atoms with Crippen LogP contribution in [0.4, 0.5) is 0 Å². The van der Waals surface area contributed by atoms with E-state index in [-0.39, 0.29) is 6.61 Å². The number of rotatable bonds is 3. The molecule has 0 aliphatic carbocycles. The van der Waals surface area contributed by atoms with Crippen LogP contribution in [0.5, 0.6) is 5.75 Å². The Bertz CT molecular complexity index is 358. The highest BCUT2D eigenvalue weighted by Gasteiger charge is 2.02. The Morgan fingerprint density at radius 3 is 2.86 bits per heavy atom. The maximum absolute atomic E-state index is 8.97. The van der Waals surface area contributed by atoms with Crippen LogP contribution in [-0.2, 0) is 0 Å². The van der Waals surface area contributed by atoms with E-state index in [1.807, 2.05) is 6.07 Å². The molecule has 74 valence electrons. The number of aliphatic hydroxyl groups excluding tert-OH is 1. The van der Waals surface area contributed by atoms with Crippen LogP contribution in [0.15, 0.2) is 18.2 Å². The molecule has 14 heavy (non-hydrogen) atoms. The van der Waals surface area contributed by atoms with Crippen molar-refractivity contribution in [2.45, 2.75) is 13.0 Å². The predicted molar refractivity (Wildman–Crippen MR) is 53.3 cm³/mol. The fourth-order valence-corrected chi connectivity index (χ4v) is 1.11. The molecule has 0 radical (unpaired) electrons. The van der Waals surface area contributed by atoms with Gasteiger partial charge in [-0.25, -0.2) is 0 Å². The molecule has 1 N–H and O–H groups in total. The quantitative estimate of drug-likeness (QED) is 0.832. The lowest BCUT2D eigenvalue weighted by molar-refractivity contribution is 0.123. The standard InChI is InChI=1S/C10H10ClNO2/c1-7(13)6-14-9-3-2-8(5-12)10(11)4-9/h2-4,7,13H,6H2,1H3/t7-/m0/s1. The number of benzene rings is 1. The molecule has 3 nitrogen and oxygen atoms in total. The van der Waals surface area contributed by atoms with Crippen LogP contribution in [0.1, 0.15) is 12.5 Å². The van der Waals surface area contributed by atoms with E-state index < -0.39 is 6.10 Å². The van der Waals surface area contributed by atoms with Crippen LogP contribution in [0, 0.1) is 11.3 Å². The third-order valence-corrected chi connectivity index (χ3v) is 1.86. The summed E-state index contributed by atoms with van der Waals surface area (Å²) in [5.74, 6) is 0.551. The number of ether oxygens (including phenoxy) is 1. The van der Waals surface area contributed by atoms with Gasteiger partial charge in [0.2, 0.25) is 0 Å². The van der Waals surface area contributed by atoms with Gasteiger partial charge >= 0.3 is 0 Å². The number of hydrogen-bond acceptors (Lipinski definition) is 3. The van der Waals surface area contributed by atoms with Crippen molar-refractivity contribution in [3.63, 3.8) is 0 Å². The first-order valence-electron chi connectivity index (χ1n) is 4.14. The average molecular weight is 212 g/mol. The Labute approximate surface area is 87.5 Å². The second kappa shape index (κ2) is 4.85. The van der Waals surface area contributed by atoms with E-state index >= 15 is 0 Å². The largest absolute Gasteiger partial charge is 0.491 e. The Morgan fingerprint density at radius 2 is 2.36 bits per heavy atom. The van der Waals surface area contributed by atoms with Crippen molar-refractivity contribution in [2.75, 3.05) is 6.61 Å². The summed E-state index contributed by atoms with van der Waals surface area (Å²) in [6.07, 6.45) is -0.524. The molecule has 1 aromatic rings. The first-order chi connectivity index (χ1) is 6.63. The van der Waals surface area contributed by atoms with Crippen molar-refractivity contribution < 1.29 is 9.84 Å². The van der Waals surface area contributed by atoms with Crippen LogP contribution in [-0.4, -0.2) is 17.8 Å². The van der Waals surface area contributed by atoms with Gasteiger partial charge in [-0.05, 0) is 19.1 Å². The summed E-state index contributed by atoms with van der Waals surface area (Å²) in [5.41, 5.74) is 0.413. The number of aliphatic hydroxyl groups is 1. The zero-order chi connectivity index (χ0) is 10.6. The third-order valence-electron chi connectivity index (χ3n) is 1.55. The van der Waals surface area contributed by atoms with E-state index in [2.05, 4.69) is 0 Å². The van der Waals surface area contributed by atoms with E-state index in [0.717, 1.165) is 0 Å². The molecule has 0 aromatic heterocycles. The lowest BCUT2D eigenvalue weighted by Gasteiger charge is -2.08. The highest BCUT2D eigenvalue weighted by atomic mass is 35.5. The van der Waals surface area contributed by atoms with Crippen molar-refractivity contribution in [3.05, 3.63) is 28.8 Å². The number of nitriles is 1. The van der Waals surface area contributed by atoms with Crippen molar-refractivity contribution in [1.82, 2.24) is 0 Å². The Balaban J connectivity index is 2.73. The van der Waals surface area contributed by atoms with Gasteiger partial charge < -0.3 is 9.84 Å².